The second-order valence-electron chi connectivity index (χ2n) is 2.92. The van der Waals surface area contributed by atoms with Crippen LogP contribution < -0.4 is 5.32 Å². The van der Waals surface area contributed by atoms with Gasteiger partial charge in [0.05, 0.1) is 27.8 Å². The minimum atomic E-state index is 0.631. The van der Waals surface area contributed by atoms with Crippen LogP contribution in [-0.4, -0.2) is 4.98 Å². The third-order valence-electron chi connectivity index (χ3n) is 1.89. The molecule has 0 saturated heterocycles. The number of halogens is 2. The number of rotatable bonds is 3. The molecular weight excluding hydrogens is 251 g/mol. The zero-order valence-corrected chi connectivity index (χ0v) is 10.0. The third kappa shape index (κ3) is 2.62. The fourth-order valence-corrected chi connectivity index (χ4v) is 2.24. The van der Waals surface area contributed by atoms with Crippen molar-refractivity contribution in [2.24, 2.45) is 0 Å². The summed E-state index contributed by atoms with van der Waals surface area (Å²) in [4.78, 5) is 5.14. The first-order valence-electron chi connectivity index (χ1n) is 4.32. The molecule has 78 valence electrons. The van der Waals surface area contributed by atoms with Gasteiger partial charge in [-0.05, 0) is 12.1 Å². The van der Waals surface area contributed by atoms with Gasteiger partial charge >= 0.3 is 0 Å². The van der Waals surface area contributed by atoms with Gasteiger partial charge in [0.25, 0.3) is 0 Å². The molecule has 1 heterocycles. The third-order valence-corrected chi connectivity index (χ3v) is 3.30. The highest BCUT2D eigenvalue weighted by Gasteiger charge is 2.04. The van der Waals surface area contributed by atoms with E-state index in [2.05, 4.69) is 10.3 Å². The van der Waals surface area contributed by atoms with Gasteiger partial charge in [0.2, 0.25) is 0 Å². The zero-order valence-electron chi connectivity index (χ0n) is 7.71. The van der Waals surface area contributed by atoms with Gasteiger partial charge in [-0.3, -0.25) is 4.98 Å². The van der Waals surface area contributed by atoms with Crippen LogP contribution in [-0.2, 0) is 6.54 Å². The van der Waals surface area contributed by atoms with Crippen LogP contribution in [0.5, 0.6) is 0 Å². The summed E-state index contributed by atoms with van der Waals surface area (Å²) >= 11 is 13.6. The number of benzene rings is 1. The van der Waals surface area contributed by atoms with E-state index in [9.17, 15) is 0 Å². The number of para-hydroxylation sites is 1. The number of aromatic nitrogens is 1. The van der Waals surface area contributed by atoms with Gasteiger partial charge in [-0.15, -0.1) is 11.3 Å². The smallest absolute Gasteiger partial charge is 0.0794 e. The van der Waals surface area contributed by atoms with E-state index in [1.165, 1.54) is 0 Å². The molecule has 0 aliphatic carbocycles. The van der Waals surface area contributed by atoms with Crippen LogP contribution in [0, 0.1) is 0 Å². The van der Waals surface area contributed by atoms with Gasteiger partial charge in [-0.1, -0.05) is 29.3 Å². The fraction of sp³-hybridized carbons (Fsp3) is 0.100. The van der Waals surface area contributed by atoms with E-state index in [1.807, 2.05) is 24.4 Å². The zero-order chi connectivity index (χ0) is 10.7. The summed E-state index contributed by atoms with van der Waals surface area (Å²) in [6.07, 6.45) is 1.82. The summed E-state index contributed by atoms with van der Waals surface area (Å²) in [6.45, 7) is 0.689. The lowest BCUT2D eigenvalue weighted by molar-refractivity contribution is 1.17. The molecule has 15 heavy (non-hydrogen) atoms. The van der Waals surface area contributed by atoms with Crippen molar-refractivity contribution in [2.45, 2.75) is 6.54 Å². The highest BCUT2D eigenvalue weighted by molar-refractivity contribution is 7.09. The predicted octanol–water partition coefficient (Wildman–Crippen LogP) is 4.06. The molecule has 0 radical (unpaired) electrons. The molecule has 1 N–H and O–H groups in total. The Hall–Kier alpha value is -0.770. The van der Waals surface area contributed by atoms with Gasteiger partial charge < -0.3 is 5.32 Å². The van der Waals surface area contributed by atoms with E-state index in [0.717, 1.165) is 10.6 Å². The minimum Gasteiger partial charge on any atom is -0.378 e. The first kappa shape index (κ1) is 10.7. The van der Waals surface area contributed by atoms with Crippen molar-refractivity contribution in [3.63, 3.8) is 0 Å². The molecule has 0 aliphatic heterocycles. The van der Waals surface area contributed by atoms with Crippen LogP contribution in [0.4, 0.5) is 5.69 Å². The molecule has 5 heteroatoms. The van der Waals surface area contributed by atoms with E-state index in [-0.39, 0.29) is 0 Å². The Bertz CT molecular complexity index is 422. The topological polar surface area (TPSA) is 24.9 Å². The van der Waals surface area contributed by atoms with Crippen LogP contribution in [0.3, 0.4) is 0 Å². The van der Waals surface area contributed by atoms with Crippen molar-refractivity contribution in [3.8, 4) is 0 Å². The maximum absolute atomic E-state index is 6.01. The average Bonchev–Trinajstić information content (AvgIpc) is 2.70. The number of hydrogen-bond acceptors (Lipinski definition) is 3. The van der Waals surface area contributed by atoms with Gasteiger partial charge in [0.1, 0.15) is 0 Å². The summed E-state index contributed by atoms with van der Waals surface area (Å²) in [5.41, 5.74) is 2.57. The predicted molar refractivity (Wildman–Crippen MR) is 65.9 cm³/mol. The van der Waals surface area contributed by atoms with Crippen molar-refractivity contribution < 1.29 is 0 Å². The molecule has 0 atom stereocenters. The summed E-state index contributed by atoms with van der Waals surface area (Å²) in [6, 6.07) is 5.44. The first-order valence-corrected chi connectivity index (χ1v) is 5.96. The molecule has 1 aromatic carbocycles. The Morgan fingerprint density at radius 1 is 1.27 bits per heavy atom. The van der Waals surface area contributed by atoms with Crippen molar-refractivity contribution >= 4 is 40.2 Å². The highest BCUT2D eigenvalue weighted by Crippen LogP contribution is 2.30. The maximum atomic E-state index is 6.01. The SMILES string of the molecule is Clc1cccc(Cl)c1NCc1cncs1. The molecule has 0 unspecified atom stereocenters. The summed E-state index contributed by atoms with van der Waals surface area (Å²) in [5.74, 6) is 0. The van der Waals surface area contributed by atoms with E-state index >= 15 is 0 Å². The second kappa shape index (κ2) is 4.84. The lowest BCUT2D eigenvalue weighted by atomic mass is 10.3. The number of nitrogens with one attached hydrogen (secondary N) is 1. The lowest BCUT2D eigenvalue weighted by Gasteiger charge is -2.08. The monoisotopic (exact) mass is 258 g/mol. The molecule has 2 nitrogen and oxygen atoms in total. The Kier molecular flexibility index (Phi) is 3.46. The molecule has 0 spiro atoms. The summed E-state index contributed by atoms with van der Waals surface area (Å²) < 4.78 is 0. The van der Waals surface area contributed by atoms with Gasteiger partial charge in [0, 0.05) is 11.1 Å². The number of anilines is 1. The number of thiazole rings is 1. The molecule has 0 bridgehead atoms. The largest absolute Gasteiger partial charge is 0.378 e. The summed E-state index contributed by atoms with van der Waals surface area (Å²) in [7, 11) is 0. The molecule has 1 aromatic heterocycles. The van der Waals surface area contributed by atoms with Crippen LogP contribution in [0.1, 0.15) is 4.88 Å². The Labute approximate surface area is 102 Å². The minimum absolute atomic E-state index is 0.631. The number of hydrogen-bond donors (Lipinski definition) is 1. The standard InChI is InChI=1S/C10H8Cl2N2S/c11-8-2-1-3-9(12)10(8)14-5-7-4-13-6-15-7/h1-4,6,14H,5H2. The molecule has 0 amide bonds. The van der Waals surface area contributed by atoms with Crippen molar-refractivity contribution in [1.82, 2.24) is 4.98 Å². The highest BCUT2D eigenvalue weighted by atomic mass is 35.5. The van der Waals surface area contributed by atoms with Gasteiger partial charge in [0.15, 0.2) is 0 Å². The molecule has 2 aromatic rings. The Morgan fingerprint density at radius 3 is 2.60 bits per heavy atom. The Morgan fingerprint density at radius 2 is 2.00 bits per heavy atom. The molecule has 0 fully saturated rings. The van der Waals surface area contributed by atoms with Crippen LogP contribution in [0.2, 0.25) is 10.0 Å². The van der Waals surface area contributed by atoms with E-state index in [1.54, 1.807) is 16.8 Å². The first-order chi connectivity index (χ1) is 7.27. The van der Waals surface area contributed by atoms with Crippen LogP contribution in [0.25, 0.3) is 0 Å². The van der Waals surface area contributed by atoms with Crippen LogP contribution in [0.15, 0.2) is 29.9 Å². The van der Waals surface area contributed by atoms with Crippen molar-refractivity contribution in [2.75, 3.05) is 5.32 Å². The number of nitrogens with zero attached hydrogens (tertiary/aromatic N) is 1. The molecule has 0 aliphatic rings. The molecule has 2 rings (SSSR count). The van der Waals surface area contributed by atoms with Gasteiger partial charge in [-0.25, -0.2) is 0 Å². The quantitative estimate of drug-likeness (QED) is 0.898. The van der Waals surface area contributed by atoms with Crippen molar-refractivity contribution in [3.05, 3.63) is 44.8 Å². The van der Waals surface area contributed by atoms with E-state index < -0.39 is 0 Å². The molecular formula is C10H8Cl2N2S. The van der Waals surface area contributed by atoms with E-state index in [4.69, 9.17) is 23.2 Å². The van der Waals surface area contributed by atoms with Crippen LogP contribution >= 0.6 is 34.5 Å². The normalized spacial score (nSPS) is 10.3. The summed E-state index contributed by atoms with van der Waals surface area (Å²) in [5, 5.41) is 4.45. The maximum Gasteiger partial charge on any atom is 0.0794 e. The second-order valence-corrected chi connectivity index (χ2v) is 4.70. The lowest BCUT2D eigenvalue weighted by Crippen LogP contribution is -1.98. The van der Waals surface area contributed by atoms with E-state index in [0.29, 0.717) is 16.6 Å². The average molecular weight is 259 g/mol. The Balaban J connectivity index is 2.11. The fourth-order valence-electron chi connectivity index (χ4n) is 1.17. The molecule has 0 saturated carbocycles. The van der Waals surface area contributed by atoms with Crippen molar-refractivity contribution in [1.29, 1.82) is 0 Å². The van der Waals surface area contributed by atoms with Gasteiger partial charge in [-0.2, -0.15) is 0 Å².